The first-order valence-corrected chi connectivity index (χ1v) is 9.43. The molecule has 0 fully saturated rings. The number of rotatable bonds is 10. The molecule has 0 heterocycles. The van der Waals surface area contributed by atoms with E-state index < -0.39 is 35.3 Å². The predicted molar refractivity (Wildman–Crippen MR) is 106 cm³/mol. The number of carbonyl (C=O) groups is 3. The minimum atomic E-state index is -1.03. The Kier molecular flexibility index (Phi) is 9.28. The minimum absolute atomic E-state index is 0.187. The first kappa shape index (κ1) is 23.8. The lowest BCUT2D eigenvalue weighted by Crippen LogP contribution is -2.53. The molecule has 1 amide bonds. The summed E-state index contributed by atoms with van der Waals surface area (Å²) in [6, 6.07) is 7.52. The smallest absolute Gasteiger partial charge is 0.377 e. The van der Waals surface area contributed by atoms with E-state index in [4.69, 9.17) is 9.57 Å². The molecule has 156 valence electrons. The normalized spacial score (nSPS) is 13.7. The second-order valence-electron chi connectivity index (χ2n) is 8.12. The molecule has 0 spiro atoms. The molecule has 1 unspecified atom stereocenters. The summed E-state index contributed by atoms with van der Waals surface area (Å²) < 4.78 is 5.19. The number of carbonyl (C=O) groups excluding carboxylic acids is 3. The van der Waals surface area contributed by atoms with Crippen molar-refractivity contribution in [1.29, 1.82) is 0 Å². The zero-order valence-corrected chi connectivity index (χ0v) is 17.6. The molecule has 0 saturated heterocycles. The summed E-state index contributed by atoms with van der Waals surface area (Å²) in [5.74, 6) is -1.93. The third-order valence-electron chi connectivity index (χ3n) is 3.80. The molecule has 0 aromatic heterocycles. The maximum absolute atomic E-state index is 12.7. The highest BCUT2D eigenvalue weighted by Crippen LogP contribution is 2.11. The van der Waals surface area contributed by atoms with E-state index >= 15 is 0 Å². The number of hydrogen-bond acceptors (Lipinski definition) is 6. The van der Waals surface area contributed by atoms with Gasteiger partial charge < -0.3 is 14.9 Å². The first-order chi connectivity index (χ1) is 13.0. The predicted octanol–water partition coefficient (Wildman–Crippen LogP) is 2.19. The summed E-state index contributed by atoms with van der Waals surface area (Å²) in [7, 11) is 1.42. The van der Waals surface area contributed by atoms with E-state index in [0.717, 1.165) is 5.56 Å². The number of hydrogen-bond donors (Lipinski definition) is 2. The largest absolute Gasteiger partial charge is 0.454 e. The maximum atomic E-state index is 12.7. The van der Waals surface area contributed by atoms with E-state index in [1.165, 1.54) is 7.11 Å². The van der Waals surface area contributed by atoms with Crippen LogP contribution in [-0.4, -0.2) is 42.5 Å². The molecule has 28 heavy (non-hydrogen) atoms. The van der Waals surface area contributed by atoms with Crippen LogP contribution >= 0.6 is 0 Å². The van der Waals surface area contributed by atoms with Crippen molar-refractivity contribution in [3.63, 3.8) is 0 Å². The molecular weight excluding hydrogens is 360 g/mol. The van der Waals surface area contributed by atoms with Gasteiger partial charge in [0.2, 0.25) is 5.91 Å². The fourth-order valence-electron chi connectivity index (χ4n) is 2.62. The Labute approximate surface area is 167 Å². The van der Waals surface area contributed by atoms with Crippen LogP contribution in [0.4, 0.5) is 0 Å². The van der Waals surface area contributed by atoms with Gasteiger partial charge in [-0.1, -0.05) is 44.2 Å². The molecule has 0 radical (unpaired) electrons. The van der Waals surface area contributed by atoms with Crippen LogP contribution in [0.1, 0.15) is 46.6 Å². The van der Waals surface area contributed by atoms with Crippen molar-refractivity contribution in [2.75, 3.05) is 7.11 Å². The highest BCUT2D eigenvalue weighted by Gasteiger charge is 2.33. The summed E-state index contributed by atoms with van der Waals surface area (Å²) >= 11 is 0. The SMILES string of the molecule is CONC(CC(C)C)C(=O)N[C@@H](Cc1ccccc1)C(=O)C(=O)OC(C)(C)C. The number of ketones is 1. The molecule has 2 N–H and O–H groups in total. The van der Waals surface area contributed by atoms with E-state index in [9.17, 15) is 14.4 Å². The average molecular weight is 392 g/mol. The van der Waals surface area contributed by atoms with Crippen LogP contribution < -0.4 is 10.8 Å². The monoisotopic (exact) mass is 392 g/mol. The summed E-state index contributed by atoms with van der Waals surface area (Å²) in [6.07, 6.45) is 0.699. The van der Waals surface area contributed by atoms with Crippen LogP contribution in [0.3, 0.4) is 0 Å². The van der Waals surface area contributed by atoms with Crippen LogP contribution in [0.15, 0.2) is 30.3 Å². The molecule has 7 nitrogen and oxygen atoms in total. The number of nitrogens with one attached hydrogen (secondary N) is 2. The van der Waals surface area contributed by atoms with Gasteiger partial charge in [0.1, 0.15) is 17.7 Å². The number of hydroxylamine groups is 1. The topological polar surface area (TPSA) is 93.7 Å². The van der Waals surface area contributed by atoms with E-state index in [-0.39, 0.29) is 12.3 Å². The van der Waals surface area contributed by atoms with Crippen molar-refractivity contribution in [3.05, 3.63) is 35.9 Å². The average Bonchev–Trinajstić information content (AvgIpc) is 2.59. The van der Waals surface area contributed by atoms with E-state index in [0.29, 0.717) is 6.42 Å². The lowest BCUT2D eigenvalue weighted by molar-refractivity contribution is -0.163. The Bertz CT molecular complexity index is 653. The van der Waals surface area contributed by atoms with Gasteiger partial charge in [-0.15, -0.1) is 0 Å². The van der Waals surface area contributed by atoms with Crippen LogP contribution in [0.5, 0.6) is 0 Å². The molecule has 0 aliphatic heterocycles. The lowest BCUT2D eigenvalue weighted by Gasteiger charge is -2.24. The van der Waals surface area contributed by atoms with E-state index in [1.54, 1.807) is 20.8 Å². The van der Waals surface area contributed by atoms with Gasteiger partial charge in [-0.3, -0.25) is 9.59 Å². The Morgan fingerprint density at radius 2 is 1.64 bits per heavy atom. The third-order valence-corrected chi connectivity index (χ3v) is 3.80. The molecule has 7 heteroatoms. The van der Waals surface area contributed by atoms with Crippen molar-refractivity contribution < 1.29 is 24.0 Å². The fourth-order valence-corrected chi connectivity index (χ4v) is 2.62. The Morgan fingerprint density at radius 1 is 1.04 bits per heavy atom. The maximum Gasteiger partial charge on any atom is 0.377 e. The molecule has 1 aromatic rings. The number of benzene rings is 1. The molecular formula is C21H32N2O5. The van der Waals surface area contributed by atoms with Crippen LogP contribution in [0.25, 0.3) is 0 Å². The van der Waals surface area contributed by atoms with Gasteiger partial charge >= 0.3 is 5.97 Å². The van der Waals surface area contributed by atoms with Gasteiger partial charge in [-0.05, 0) is 38.7 Å². The summed E-state index contributed by atoms with van der Waals surface area (Å²) in [4.78, 5) is 42.6. The van der Waals surface area contributed by atoms with Gasteiger partial charge in [-0.25, -0.2) is 4.79 Å². The number of ether oxygens (including phenoxy) is 1. The van der Waals surface area contributed by atoms with Gasteiger partial charge in [-0.2, -0.15) is 5.48 Å². The highest BCUT2D eigenvalue weighted by molar-refractivity contribution is 6.36. The van der Waals surface area contributed by atoms with E-state index in [1.807, 2.05) is 44.2 Å². The standard InChI is InChI=1S/C21H32N2O5/c1-14(2)12-17(23-27-6)19(25)22-16(13-15-10-8-7-9-11-15)18(24)20(26)28-21(3,4)5/h7-11,14,16-17,23H,12-13H2,1-6H3,(H,22,25)/t16-,17?/m0/s1. The van der Waals surface area contributed by atoms with Gasteiger partial charge in [0.15, 0.2) is 0 Å². The molecule has 1 rings (SSSR count). The molecule has 0 aliphatic rings. The van der Waals surface area contributed by atoms with Crippen molar-refractivity contribution in [3.8, 4) is 0 Å². The zero-order chi connectivity index (χ0) is 21.3. The van der Waals surface area contributed by atoms with Gasteiger partial charge in [0.25, 0.3) is 5.78 Å². The lowest BCUT2D eigenvalue weighted by atomic mass is 10.00. The number of amides is 1. The number of esters is 1. The Morgan fingerprint density at radius 3 is 2.14 bits per heavy atom. The summed E-state index contributed by atoms with van der Waals surface area (Å²) in [5.41, 5.74) is 2.67. The summed E-state index contributed by atoms with van der Waals surface area (Å²) in [5, 5.41) is 2.69. The first-order valence-electron chi connectivity index (χ1n) is 9.43. The van der Waals surface area contributed by atoms with Crippen LogP contribution in [-0.2, 0) is 30.4 Å². The highest BCUT2D eigenvalue weighted by atomic mass is 16.6. The Hall–Kier alpha value is -2.25. The van der Waals surface area contributed by atoms with Crippen molar-refractivity contribution in [2.24, 2.45) is 5.92 Å². The Balaban J connectivity index is 3.00. The van der Waals surface area contributed by atoms with E-state index in [2.05, 4.69) is 10.8 Å². The molecule has 1 aromatic carbocycles. The van der Waals surface area contributed by atoms with Crippen molar-refractivity contribution in [2.45, 2.75) is 65.1 Å². The third kappa shape index (κ3) is 8.63. The van der Waals surface area contributed by atoms with Crippen molar-refractivity contribution >= 4 is 17.7 Å². The molecule has 0 bridgehead atoms. The summed E-state index contributed by atoms with van der Waals surface area (Å²) in [6.45, 7) is 9.01. The quantitative estimate of drug-likeness (QED) is 0.360. The second kappa shape index (κ2) is 10.9. The number of Topliss-reactive ketones (excluding diaryl/α,β-unsaturated/α-hetero) is 1. The molecule has 2 atom stereocenters. The molecule has 0 saturated carbocycles. The van der Waals surface area contributed by atoms with Crippen LogP contribution in [0, 0.1) is 5.92 Å². The van der Waals surface area contributed by atoms with Crippen LogP contribution in [0.2, 0.25) is 0 Å². The fraction of sp³-hybridized carbons (Fsp3) is 0.571. The second-order valence-corrected chi connectivity index (χ2v) is 8.12. The zero-order valence-electron chi connectivity index (χ0n) is 17.6. The van der Waals surface area contributed by atoms with Crippen molar-refractivity contribution in [1.82, 2.24) is 10.8 Å². The molecule has 0 aliphatic carbocycles. The minimum Gasteiger partial charge on any atom is -0.454 e. The van der Waals surface area contributed by atoms with Gasteiger partial charge in [0.05, 0.1) is 7.11 Å². The van der Waals surface area contributed by atoms with Gasteiger partial charge in [0, 0.05) is 6.42 Å².